The van der Waals surface area contributed by atoms with E-state index in [4.69, 9.17) is 14.4 Å². The number of anilines is 1. The number of carbonyl (C=O) groups is 1. The first-order valence-corrected chi connectivity index (χ1v) is 9.72. The SMILES string of the molecule is Cc1noc(C)c1COc1ccc(C(=O)Nc2ccc(CCCCO)cc2)cc1. The van der Waals surface area contributed by atoms with Crippen molar-refractivity contribution in [1.82, 2.24) is 5.16 Å². The molecule has 0 aliphatic rings. The minimum absolute atomic E-state index is 0.171. The molecule has 0 aliphatic carbocycles. The lowest BCUT2D eigenvalue weighted by molar-refractivity contribution is 0.102. The van der Waals surface area contributed by atoms with E-state index in [0.29, 0.717) is 17.9 Å². The van der Waals surface area contributed by atoms with Gasteiger partial charge >= 0.3 is 0 Å². The van der Waals surface area contributed by atoms with Gasteiger partial charge in [-0.1, -0.05) is 17.3 Å². The fourth-order valence-corrected chi connectivity index (χ4v) is 2.96. The Bertz CT molecular complexity index is 911. The van der Waals surface area contributed by atoms with E-state index in [9.17, 15) is 4.79 Å². The highest BCUT2D eigenvalue weighted by atomic mass is 16.5. The number of aromatic nitrogens is 1. The summed E-state index contributed by atoms with van der Waals surface area (Å²) >= 11 is 0. The number of aryl methyl sites for hydroxylation is 3. The van der Waals surface area contributed by atoms with Gasteiger partial charge in [0.1, 0.15) is 18.1 Å². The first-order chi connectivity index (χ1) is 14.1. The molecule has 3 aromatic rings. The Hall–Kier alpha value is -3.12. The molecule has 0 bridgehead atoms. The quantitative estimate of drug-likeness (QED) is 0.524. The Balaban J connectivity index is 1.53. The summed E-state index contributed by atoms with van der Waals surface area (Å²) < 4.78 is 10.9. The van der Waals surface area contributed by atoms with Crippen molar-refractivity contribution in [2.45, 2.75) is 39.7 Å². The number of benzene rings is 2. The van der Waals surface area contributed by atoms with Crippen LogP contribution in [0.15, 0.2) is 53.1 Å². The number of amides is 1. The smallest absolute Gasteiger partial charge is 0.255 e. The number of hydrogen-bond acceptors (Lipinski definition) is 5. The van der Waals surface area contributed by atoms with Crippen LogP contribution >= 0.6 is 0 Å². The standard InChI is InChI=1S/C23H26N2O4/c1-16-22(17(2)29-25-16)15-28-21-12-8-19(9-13-21)23(27)24-20-10-6-18(7-11-20)5-3-4-14-26/h6-13,26H,3-5,14-15H2,1-2H3,(H,24,27). The van der Waals surface area contributed by atoms with Crippen molar-refractivity contribution in [3.8, 4) is 5.75 Å². The molecule has 1 aromatic heterocycles. The predicted octanol–water partition coefficient (Wildman–Crippen LogP) is 4.44. The largest absolute Gasteiger partial charge is 0.489 e. The summed E-state index contributed by atoms with van der Waals surface area (Å²) in [7, 11) is 0. The van der Waals surface area contributed by atoms with E-state index in [1.54, 1.807) is 24.3 Å². The first-order valence-electron chi connectivity index (χ1n) is 9.72. The Labute approximate surface area is 170 Å². The third-order valence-electron chi connectivity index (χ3n) is 4.77. The Morgan fingerprint density at radius 3 is 2.41 bits per heavy atom. The summed E-state index contributed by atoms with van der Waals surface area (Å²) in [5.41, 5.74) is 4.25. The molecule has 29 heavy (non-hydrogen) atoms. The zero-order valence-electron chi connectivity index (χ0n) is 16.8. The zero-order valence-corrected chi connectivity index (χ0v) is 16.8. The van der Waals surface area contributed by atoms with Crippen LogP contribution in [0, 0.1) is 13.8 Å². The maximum Gasteiger partial charge on any atom is 0.255 e. The van der Waals surface area contributed by atoms with Gasteiger partial charge in [0, 0.05) is 17.9 Å². The van der Waals surface area contributed by atoms with Crippen molar-refractivity contribution in [2.24, 2.45) is 0 Å². The number of aliphatic hydroxyl groups is 1. The van der Waals surface area contributed by atoms with E-state index in [2.05, 4.69) is 10.5 Å². The van der Waals surface area contributed by atoms with Gasteiger partial charge in [0.15, 0.2) is 0 Å². The lowest BCUT2D eigenvalue weighted by Crippen LogP contribution is -2.11. The van der Waals surface area contributed by atoms with Gasteiger partial charge in [0.2, 0.25) is 0 Å². The summed E-state index contributed by atoms with van der Waals surface area (Å²) in [5, 5.41) is 15.7. The summed E-state index contributed by atoms with van der Waals surface area (Å²) in [4.78, 5) is 12.5. The van der Waals surface area contributed by atoms with Crippen LogP contribution < -0.4 is 10.1 Å². The minimum atomic E-state index is -0.171. The number of carbonyl (C=O) groups excluding carboxylic acids is 1. The van der Waals surface area contributed by atoms with Gasteiger partial charge in [-0.25, -0.2) is 0 Å². The summed E-state index contributed by atoms with van der Waals surface area (Å²) in [6.07, 6.45) is 2.67. The second-order valence-corrected chi connectivity index (χ2v) is 6.95. The maximum atomic E-state index is 12.5. The molecule has 0 radical (unpaired) electrons. The molecular formula is C23H26N2O4. The van der Waals surface area contributed by atoms with Crippen molar-refractivity contribution in [1.29, 1.82) is 0 Å². The molecule has 6 nitrogen and oxygen atoms in total. The Morgan fingerprint density at radius 1 is 1.07 bits per heavy atom. The van der Waals surface area contributed by atoms with Crippen molar-refractivity contribution in [2.75, 3.05) is 11.9 Å². The number of nitrogens with zero attached hydrogens (tertiary/aromatic N) is 1. The lowest BCUT2D eigenvalue weighted by atomic mass is 10.1. The highest BCUT2D eigenvalue weighted by Gasteiger charge is 2.10. The molecule has 2 aromatic carbocycles. The van der Waals surface area contributed by atoms with E-state index in [1.807, 2.05) is 38.1 Å². The molecule has 2 N–H and O–H groups in total. The third-order valence-corrected chi connectivity index (χ3v) is 4.77. The molecule has 6 heteroatoms. The molecule has 1 heterocycles. The Kier molecular flexibility index (Phi) is 7.03. The average molecular weight is 394 g/mol. The summed E-state index contributed by atoms with van der Waals surface area (Å²) in [6.45, 7) is 4.33. The minimum Gasteiger partial charge on any atom is -0.489 e. The monoisotopic (exact) mass is 394 g/mol. The van der Waals surface area contributed by atoms with Gasteiger partial charge in [-0.15, -0.1) is 0 Å². The van der Waals surface area contributed by atoms with Gasteiger partial charge in [0.05, 0.1) is 11.3 Å². The number of ether oxygens (including phenoxy) is 1. The highest BCUT2D eigenvalue weighted by molar-refractivity contribution is 6.04. The average Bonchev–Trinajstić information content (AvgIpc) is 3.06. The fraction of sp³-hybridized carbons (Fsp3) is 0.304. The van der Waals surface area contributed by atoms with Gasteiger partial charge in [-0.05, 0) is 75.1 Å². The first kappa shape index (κ1) is 20.6. The van der Waals surface area contributed by atoms with Crippen LogP contribution in [0.5, 0.6) is 5.75 Å². The number of nitrogens with one attached hydrogen (secondary N) is 1. The van der Waals surface area contributed by atoms with E-state index < -0.39 is 0 Å². The molecule has 0 unspecified atom stereocenters. The normalized spacial score (nSPS) is 10.7. The van der Waals surface area contributed by atoms with Crippen LogP contribution in [0.2, 0.25) is 0 Å². The molecule has 0 fully saturated rings. The van der Waals surface area contributed by atoms with Crippen LogP contribution in [0.1, 0.15) is 45.8 Å². The summed E-state index contributed by atoms with van der Waals surface area (Å²) in [6, 6.07) is 14.8. The molecule has 0 saturated heterocycles. The number of unbranched alkanes of at least 4 members (excludes halogenated alkanes) is 1. The van der Waals surface area contributed by atoms with E-state index in [1.165, 1.54) is 5.56 Å². The molecular weight excluding hydrogens is 368 g/mol. The van der Waals surface area contributed by atoms with Crippen LogP contribution in [-0.4, -0.2) is 22.8 Å². The van der Waals surface area contributed by atoms with Crippen LogP contribution in [-0.2, 0) is 13.0 Å². The highest BCUT2D eigenvalue weighted by Crippen LogP contribution is 2.19. The van der Waals surface area contributed by atoms with E-state index in [0.717, 1.165) is 42.0 Å². The number of aliphatic hydroxyl groups excluding tert-OH is 1. The van der Waals surface area contributed by atoms with E-state index in [-0.39, 0.29) is 12.5 Å². The molecule has 0 atom stereocenters. The predicted molar refractivity (Wildman–Crippen MR) is 111 cm³/mol. The molecule has 0 saturated carbocycles. The van der Waals surface area contributed by atoms with Crippen molar-refractivity contribution >= 4 is 11.6 Å². The second-order valence-electron chi connectivity index (χ2n) is 6.95. The van der Waals surface area contributed by atoms with Crippen LogP contribution in [0.3, 0.4) is 0 Å². The van der Waals surface area contributed by atoms with Crippen LogP contribution in [0.4, 0.5) is 5.69 Å². The molecule has 3 rings (SSSR count). The molecule has 1 amide bonds. The zero-order chi connectivity index (χ0) is 20.6. The summed E-state index contributed by atoms with van der Waals surface area (Å²) in [5.74, 6) is 1.25. The van der Waals surface area contributed by atoms with Gasteiger partial charge < -0.3 is 19.7 Å². The van der Waals surface area contributed by atoms with Crippen LogP contribution in [0.25, 0.3) is 0 Å². The number of hydrogen-bond donors (Lipinski definition) is 2. The van der Waals surface area contributed by atoms with Gasteiger partial charge in [-0.3, -0.25) is 4.79 Å². The third kappa shape index (κ3) is 5.68. The molecule has 0 spiro atoms. The van der Waals surface area contributed by atoms with Crippen molar-refractivity contribution in [3.05, 3.63) is 76.7 Å². The second kappa shape index (κ2) is 9.89. The fourth-order valence-electron chi connectivity index (χ4n) is 2.96. The molecule has 152 valence electrons. The maximum absolute atomic E-state index is 12.5. The lowest BCUT2D eigenvalue weighted by Gasteiger charge is -2.09. The van der Waals surface area contributed by atoms with Crippen molar-refractivity contribution < 1.29 is 19.2 Å². The molecule has 0 aliphatic heterocycles. The van der Waals surface area contributed by atoms with E-state index >= 15 is 0 Å². The number of rotatable bonds is 9. The van der Waals surface area contributed by atoms with Crippen molar-refractivity contribution in [3.63, 3.8) is 0 Å². The Morgan fingerprint density at radius 2 is 1.79 bits per heavy atom. The van der Waals surface area contributed by atoms with Gasteiger partial charge in [0.25, 0.3) is 5.91 Å². The van der Waals surface area contributed by atoms with Gasteiger partial charge in [-0.2, -0.15) is 0 Å². The topological polar surface area (TPSA) is 84.6 Å².